The maximum atomic E-state index is 13.3. The molecule has 4 rings (SSSR count). The number of aromatic nitrogens is 1. The van der Waals surface area contributed by atoms with E-state index in [0.717, 1.165) is 53.5 Å². The molecule has 3 N–H and O–H groups in total. The van der Waals surface area contributed by atoms with Crippen molar-refractivity contribution in [1.29, 1.82) is 0 Å². The molecule has 2 amide bonds. The van der Waals surface area contributed by atoms with Crippen LogP contribution in [-0.2, 0) is 11.3 Å². The minimum absolute atomic E-state index is 0.169. The first-order valence-electron chi connectivity index (χ1n) is 11.1. The first kappa shape index (κ1) is 22.6. The van der Waals surface area contributed by atoms with Gasteiger partial charge in [-0.1, -0.05) is 24.3 Å². The molecule has 172 valence electrons. The fourth-order valence-corrected chi connectivity index (χ4v) is 4.67. The zero-order valence-corrected chi connectivity index (χ0v) is 19.3. The molecule has 0 spiro atoms. The molecule has 1 atom stereocenters. The number of carbonyl (C=O) groups is 2. The summed E-state index contributed by atoms with van der Waals surface area (Å²) in [7, 11) is 1.64. The van der Waals surface area contributed by atoms with Crippen molar-refractivity contribution >= 4 is 17.5 Å². The molecule has 1 unspecified atom stereocenters. The van der Waals surface area contributed by atoms with Crippen LogP contribution in [0.1, 0.15) is 40.2 Å². The second-order valence-corrected chi connectivity index (χ2v) is 8.46. The molecule has 0 radical (unpaired) electrons. The molecule has 1 saturated heterocycles. The zero-order chi connectivity index (χ0) is 23.5. The number of likely N-dealkylation sites (tertiary alicyclic amines) is 1. The molecule has 0 saturated carbocycles. The zero-order valence-electron chi connectivity index (χ0n) is 19.3. The molecule has 1 aliphatic rings. The Hall–Kier alpha value is -3.58. The number of amides is 2. The Morgan fingerprint density at radius 3 is 2.67 bits per heavy atom. The van der Waals surface area contributed by atoms with Gasteiger partial charge in [-0.25, -0.2) is 0 Å². The lowest BCUT2D eigenvalue weighted by molar-refractivity contribution is -0.122. The standard InChI is InChI=1S/C26H30N4O3/c1-17-14-22(18(2)30(17)20-9-6-10-21(15-20)33-3)26(32)28-23-11-5-4-8-19(23)16-29-13-7-12-24(29)25(27)31/h4-6,8-11,14-15,24H,7,12-13,16H2,1-3H3,(H2,27,31)(H,28,32). The van der Waals surface area contributed by atoms with Gasteiger partial charge in [-0.15, -0.1) is 0 Å². The Bertz CT molecular complexity index is 1180. The van der Waals surface area contributed by atoms with Crippen LogP contribution in [0, 0.1) is 13.8 Å². The van der Waals surface area contributed by atoms with Gasteiger partial charge < -0.3 is 20.4 Å². The van der Waals surface area contributed by atoms with E-state index in [0.29, 0.717) is 12.1 Å². The van der Waals surface area contributed by atoms with E-state index in [-0.39, 0.29) is 17.9 Å². The maximum Gasteiger partial charge on any atom is 0.257 e. The van der Waals surface area contributed by atoms with Gasteiger partial charge >= 0.3 is 0 Å². The number of benzene rings is 2. The molecular weight excluding hydrogens is 416 g/mol. The molecule has 7 nitrogen and oxygen atoms in total. The normalized spacial score (nSPS) is 16.0. The quantitative estimate of drug-likeness (QED) is 0.578. The first-order chi connectivity index (χ1) is 15.9. The fourth-order valence-electron chi connectivity index (χ4n) is 4.67. The predicted molar refractivity (Wildman–Crippen MR) is 129 cm³/mol. The SMILES string of the molecule is COc1cccc(-n2c(C)cc(C(=O)Nc3ccccc3CN3CCCC3C(N)=O)c2C)c1. The summed E-state index contributed by atoms with van der Waals surface area (Å²) < 4.78 is 7.40. The number of carbonyl (C=O) groups excluding carboxylic acids is 2. The van der Waals surface area contributed by atoms with Crippen LogP contribution in [0.2, 0.25) is 0 Å². The van der Waals surface area contributed by atoms with Gasteiger partial charge in [0.25, 0.3) is 5.91 Å². The monoisotopic (exact) mass is 446 g/mol. The van der Waals surface area contributed by atoms with Crippen LogP contribution in [0.4, 0.5) is 5.69 Å². The first-order valence-corrected chi connectivity index (χ1v) is 11.1. The fraction of sp³-hybridized carbons (Fsp3) is 0.308. The summed E-state index contributed by atoms with van der Waals surface area (Å²) >= 11 is 0. The van der Waals surface area contributed by atoms with Gasteiger partial charge in [0, 0.05) is 35.4 Å². The number of nitrogens with zero attached hydrogens (tertiary/aromatic N) is 2. The molecular formula is C26H30N4O3. The van der Waals surface area contributed by atoms with Crippen molar-refractivity contribution in [2.75, 3.05) is 19.0 Å². The Balaban J connectivity index is 1.58. The van der Waals surface area contributed by atoms with E-state index in [1.54, 1.807) is 7.11 Å². The maximum absolute atomic E-state index is 13.3. The highest BCUT2D eigenvalue weighted by Crippen LogP contribution is 2.27. The van der Waals surface area contributed by atoms with Crippen LogP contribution in [0.25, 0.3) is 5.69 Å². The van der Waals surface area contributed by atoms with Crippen LogP contribution in [0.3, 0.4) is 0 Å². The molecule has 2 aromatic carbocycles. The smallest absolute Gasteiger partial charge is 0.257 e. The summed E-state index contributed by atoms with van der Waals surface area (Å²) in [5.74, 6) is 0.299. The Labute approximate surface area is 194 Å². The average molecular weight is 447 g/mol. The third-order valence-corrected chi connectivity index (χ3v) is 6.32. The highest BCUT2D eigenvalue weighted by Gasteiger charge is 2.29. The van der Waals surface area contributed by atoms with E-state index in [1.807, 2.05) is 73.0 Å². The molecule has 2 heterocycles. The van der Waals surface area contributed by atoms with Crippen molar-refractivity contribution in [2.45, 2.75) is 39.3 Å². The number of primary amides is 1. The molecule has 1 aliphatic heterocycles. The second kappa shape index (κ2) is 9.50. The Morgan fingerprint density at radius 2 is 1.91 bits per heavy atom. The van der Waals surface area contributed by atoms with Crippen molar-refractivity contribution in [2.24, 2.45) is 5.73 Å². The van der Waals surface area contributed by atoms with Gasteiger partial charge in [-0.3, -0.25) is 14.5 Å². The molecule has 0 bridgehead atoms. The topological polar surface area (TPSA) is 89.6 Å². The second-order valence-electron chi connectivity index (χ2n) is 8.46. The number of ether oxygens (including phenoxy) is 1. The van der Waals surface area contributed by atoms with Crippen molar-refractivity contribution in [3.8, 4) is 11.4 Å². The summed E-state index contributed by atoms with van der Waals surface area (Å²) in [4.78, 5) is 27.1. The highest BCUT2D eigenvalue weighted by atomic mass is 16.5. The van der Waals surface area contributed by atoms with Crippen LogP contribution >= 0.6 is 0 Å². The van der Waals surface area contributed by atoms with Gasteiger partial charge in [-0.2, -0.15) is 0 Å². The largest absolute Gasteiger partial charge is 0.497 e. The number of para-hydroxylation sites is 1. The highest BCUT2D eigenvalue weighted by molar-refractivity contribution is 6.05. The molecule has 7 heteroatoms. The van der Waals surface area contributed by atoms with Crippen molar-refractivity contribution < 1.29 is 14.3 Å². The summed E-state index contributed by atoms with van der Waals surface area (Å²) in [6.07, 6.45) is 1.72. The summed E-state index contributed by atoms with van der Waals surface area (Å²) in [5, 5.41) is 3.08. The van der Waals surface area contributed by atoms with E-state index in [2.05, 4.69) is 10.2 Å². The third-order valence-electron chi connectivity index (χ3n) is 6.32. The molecule has 0 aliphatic carbocycles. The van der Waals surface area contributed by atoms with E-state index in [1.165, 1.54) is 0 Å². The summed E-state index contributed by atoms with van der Waals surface area (Å²) in [6, 6.07) is 17.1. The lowest BCUT2D eigenvalue weighted by atomic mass is 10.1. The Morgan fingerprint density at radius 1 is 1.12 bits per heavy atom. The minimum atomic E-state index is -0.293. The molecule has 33 heavy (non-hydrogen) atoms. The minimum Gasteiger partial charge on any atom is -0.497 e. The number of hydrogen-bond donors (Lipinski definition) is 2. The van der Waals surface area contributed by atoms with Crippen molar-refractivity contribution in [3.05, 3.63) is 77.1 Å². The molecule has 1 fully saturated rings. The number of anilines is 1. The predicted octanol–water partition coefficient (Wildman–Crippen LogP) is 3.80. The lowest BCUT2D eigenvalue weighted by Crippen LogP contribution is -2.39. The van der Waals surface area contributed by atoms with Crippen LogP contribution < -0.4 is 15.8 Å². The van der Waals surface area contributed by atoms with Crippen LogP contribution in [0.15, 0.2) is 54.6 Å². The number of nitrogens with two attached hydrogens (primary N) is 1. The van der Waals surface area contributed by atoms with Crippen molar-refractivity contribution in [1.82, 2.24) is 9.47 Å². The Kier molecular flexibility index (Phi) is 6.51. The van der Waals surface area contributed by atoms with Crippen LogP contribution in [0.5, 0.6) is 5.75 Å². The number of hydrogen-bond acceptors (Lipinski definition) is 4. The van der Waals surface area contributed by atoms with Gasteiger partial charge in [0.1, 0.15) is 5.75 Å². The van der Waals surface area contributed by atoms with E-state index >= 15 is 0 Å². The van der Waals surface area contributed by atoms with Gasteiger partial charge in [0.05, 0.1) is 18.7 Å². The molecule has 3 aromatic rings. The van der Waals surface area contributed by atoms with Gasteiger partial charge in [0.2, 0.25) is 5.91 Å². The lowest BCUT2D eigenvalue weighted by Gasteiger charge is -2.23. The van der Waals surface area contributed by atoms with Gasteiger partial charge in [-0.05, 0) is 63.1 Å². The third kappa shape index (κ3) is 4.64. The average Bonchev–Trinajstić information content (AvgIpc) is 3.39. The van der Waals surface area contributed by atoms with Crippen LogP contribution in [-0.4, -0.2) is 41.0 Å². The number of nitrogens with one attached hydrogen (secondary N) is 1. The number of rotatable bonds is 7. The van der Waals surface area contributed by atoms with E-state index in [9.17, 15) is 9.59 Å². The molecule has 1 aromatic heterocycles. The summed E-state index contributed by atoms with van der Waals surface area (Å²) in [5.41, 5.74) is 10.6. The van der Waals surface area contributed by atoms with E-state index in [4.69, 9.17) is 10.5 Å². The number of aryl methyl sites for hydroxylation is 1. The van der Waals surface area contributed by atoms with Crippen molar-refractivity contribution in [3.63, 3.8) is 0 Å². The summed E-state index contributed by atoms with van der Waals surface area (Å²) in [6.45, 7) is 5.30. The van der Waals surface area contributed by atoms with Gasteiger partial charge in [0.15, 0.2) is 0 Å². The number of methoxy groups -OCH3 is 1. The van der Waals surface area contributed by atoms with E-state index < -0.39 is 0 Å².